The molecule has 2 aromatic rings. The molecule has 1 aliphatic heterocycles. The van der Waals surface area contributed by atoms with Crippen molar-refractivity contribution < 1.29 is 4.79 Å². The number of rotatable bonds is 6. The van der Waals surface area contributed by atoms with Gasteiger partial charge in [-0.1, -0.05) is 43.3 Å². The maximum atomic E-state index is 12.5. The van der Waals surface area contributed by atoms with Gasteiger partial charge in [-0.3, -0.25) is 4.79 Å². The van der Waals surface area contributed by atoms with Crippen molar-refractivity contribution in [2.45, 2.75) is 43.5 Å². The van der Waals surface area contributed by atoms with E-state index < -0.39 is 0 Å². The Balaban J connectivity index is 1.72. The summed E-state index contributed by atoms with van der Waals surface area (Å²) in [6.07, 6.45) is 5.39. The number of carbonyl (C=O) groups is 1. The second kappa shape index (κ2) is 9.22. The lowest BCUT2D eigenvalue weighted by Crippen LogP contribution is -2.44. The highest BCUT2D eigenvalue weighted by Crippen LogP contribution is 2.34. The fourth-order valence-corrected chi connectivity index (χ4v) is 4.04. The molecule has 1 aliphatic rings. The Morgan fingerprint density at radius 3 is 2.74 bits per heavy atom. The normalized spacial score (nSPS) is 17.2. The standard InChI is InChI=1S/C21H28N4OS/c1-15(2)13-24-20(26)17-5-4-12-25(14-17)19-21(23-11-10-22-19)27-18-8-6-16(3)7-9-18/h6-11,15,17H,4-5,12-14H2,1-3H3,(H,24,26)/t17-/m0/s1. The van der Waals surface area contributed by atoms with E-state index in [9.17, 15) is 4.79 Å². The summed E-state index contributed by atoms with van der Waals surface area (Å²) in [4.78, 5) is 25.0. The van der Waals surface area contributed by atoms with Crippen molar-refractivity contribution >= 4 is 23.5 Å². The third-order valence-electron chi connectivity index (χ3n) is 4.66. The van der Waals surface area contributed by atoms with Crippen LogP contribution in [0.4, 0.5) is 5.82 Å². The van der Waals surface area contributed by atoms with Crippen LogP contribution in [0.25, 0.3) is 0 Å². The molecule has 0 saturated carbocycles. The molecule has 6 heteroatoms. The Bertz CT molecular complexity index is 763. The second-order valence-corrected chi connectivity index (χ2v) is 8.59. The summed E-state index contributed by atoms with van der Waals surface area (Å²) in [7, 11) is 0. The van der Waals surface area contributed by atoms with Crippen molar-refractivity contribution in [1.82, 2.24) is 15.3 Å². The summed E-state index contributed by atoms with van der Waals surface area (Å²) in [6, 6.07) is 8.43. The van der Waals surface area contributed by atoms with E-state index in [1.165, 1.54) is 5.56 Å². The molecule has 0 spiro atoms. The van der Waals surface area contributed by atoms with Crippen molar-refractivity contribution in [2.75, 3.05) is 24.5 Å². The minimum atomic E-state index is 0.0109. The third kappa shape index (κ3) is 5.45. The number of piperidine rings is 1. The van der Waals surface area contributed by atoms with Gasteiger partial charge in [-0.2, -0.15) is 0 Å². The molecule has 0 radical (unpaired) electrons. The van der Waals surface area contributed by atoms with Gasteiger partial charge in [0.05, 0.1) is 5.92 Å². The first-order valence-electron chi connectivity index (χ1n) is 9.61. The highest BCUT2D eigenvalue weighted by molar-refractivity contribution is 7.99. The molecular weight excluding hydrogens is 356 g/mol. The lowest BCUT2D eigenvalue weighted by molar-refractivity contribution is -0.125. The van der Waals surface area contributed by atoms with E-state index in [2.05, 4.69) is 65.2 Å². The minimum Gasteiger partial charge on any atom is -0.356 e. The third-order valence-corrected chi connectivity index (χ3v) is 5.65. The van der Waals surface area contributed by atoms with Crippen LogP contribution in [0.3, 0.4) is 0 Å². The van der Waals surface area contributed by atoms with E-state index in [1.54, 1.807) is 24.2 Å². The first kappa shape index (κ1) is 19.7. The van der Waals surface area contributed by atoms with Gasteiger partial charge in [0.1, 0.15) is 5.03 Å². The molecular formula is C21H28N4OS. The minimum absolute atomic E-state index is 0.0109. The molecule has 0 unspecified atom stereocenters. The average molecular weight is 385 g/mol. The summed E-state index contributed by atoms with van der Waals surface area (Å²) < 4.78 is 0. The van der Waals surface area contributed by atoms with Gasteiger partial charge in [0, 0.05) is 36.9 Å². The topological polar surface area (TPSA) is 58.1 Å². The molecule has 1 saturated heterocycles. The number of hydrogen-bond donors (Lipinski definition) is 1. The molecule has 1 fully saturated rings. The van der Waals surface area contributed by atoms with E-state index in [0.717, 1.165) is 41.7 Å². The Morgan fingerprint density at radius 2 is 2.00 bits per heavy atom. The highest BCUT2D eigenvalue weighted by Gasteiger charge is 2.28. The van der Waals surface area contributed by atoms with Crippen molar-refractivity contribution in [3.05, 3.63) is 42.2 Å². The van der Waals surface area contributed by atoms with Crippen molar-refractivity contribution in [2.24, 2.45) is 11.8 Å². The number of amides is 1. The van der Waals surface area contributed by atoms with Gasteiger partial charge in [-0.15, -0.1) is 0 Å². The maximum absolute atomic E-state index is 12.5. The van der Waals surface area contributed by atoms with Gasteiger partial charge in [-0.05, 0) is 37.8 Å². The predicted octanol–water partition coefficient (Wildman–Crippen LogP) is 3.92. The molecule has 1 aromatic heterocycles. The monoisotopic (exact) mass is 384 g/mol. The van der Waals surface area contributed by atoms with E-state index in [4.69, 9.17) is 0 Å². The first-order valence-corrected chi connectivity index (χ1v) is 10.4. The fourth-order valence-electron chi connectivity index (χ4n) is 3.16. The van der Waals surface area contributed by atoms with Gasteiger partial charge in [-0.25, -0.2) is 9.97 Å². The second-order valence-electron chi connectivity index (χ2n) is 7.52. The summed E-state index contributed by atoms with van der Waals surface area (Å²) >= 11 is 1.62. The van der Waals surface area contributed by atoms with Crippen LogP contribution in [0, 0.1) is 18.8 Å². The molecule has 1 amide bonds. The smallest absolute Gasteiger partial charge is 0.224 e. The van der Waals surface area contributed by atoms with Crippen LogP contribution in [0.5, 0.6) is 0 Å². The highest BCUT2D eigenvalue weighted by atomic mass is 32.2. The molecule has 1 atom stereocenters. The van der Waals surface area contributed by atoms with E-state index in [0.29, 0.717) is 12.5 Å². The quantitative estimate of drug-likeness (QED) is 0.818. The fraction of sp³-hybridized carbons (Fsp3) is 0.476. The molecule has 2 heterocycles. The number of carbonyl (C=O) groups excluding carboxylic acids is 1. The molecule has 3 rings (SSSR count). The van der Waals surface area contributed by atoms with Gasteiger partial charge in [0.2, 0.25) is 5.91 Å². The summed E-state index contributed by atoms with van der Waals surface area (Å²) in [6.45, 7) is 8.65. The van der Waals surface area contributed by atoms with Gasteiger partial charge in [0.25, 0.3) is 0 Å². The number of hydrogen-bond acceptors (Lipinski definition) is 5. The lowest BCUT2D eigenvalue weighted by Gasteiger charge is -2.33. The van der Waals surface area contributed by atoms with Gasteiger partial charge >= 0.3 is 0 Å². The number of nitrogens with one attached hydrogen (secondary N) is 1. The maximum Gasteiger partial charge on any atom is 0.224 e. The van der Waals surface area contributed by atoms with Crippen LogP contribution in [0.2, 0.25) is 0 Å². The van der Waals surface area contributed by atoms with E-state index >= 15 is 0 Å². The molecule has 1 N–H and O–H groups in total. The Kier molecular flexibility index (Phi) is 6.72. The molecule has 144 valence electrons. The Morgan fingerprint density at radius 1 is 1.26 bits per heavy atom. The van der Waals surface area contributed by atoms with Crippen LogP contribution >= 0.6 is 11.8 Å². The molecule has 1 aromatic carbocycles. The van der Waals surface area contributed by atoms with E-state index in [1.807, 2.05) is 0 Å². The van der Waals surface area contributed by atoms with Gasteiger partial charge < -0.3 is 10.2 Å². The predicted molar refractivity (Wildman–Crippen MR) is 110 cm³/mol. The van der Waals surface area contributed by atoms with Crippen LogP contribution in [-0.2, 0) is 4.79 Å². The van der Waals surface area contributed by atoms with Crippen LogP contribution < -0.4 is 10.2 Å². The zero-order valence-electron chi connectivity index (χ0n) is 16.3. The molecule has 5 nitrogen and oxygen atoms in total. The zero-order valence-corrected chi connectivity index (χ0v) is 17.1. The summed E-state index contributed by atoms with van der Waals surface area (Å²) in [5.74, 6) is 1.51. The van der Waals surface area contributed by atoms with Crippen molar-refractivity contribution in [3.63, 3.8) is 0 Å². The summed E-state index contributed by atoms with van der Waals surface area (Å²) in [5, 5.41) is 3.97. The van der Waals surface area contributed by atoms with Crippen LogP contribution in [-0.4, -0.2) is 35.5 Å². The van der Waals surface area contributed by atoms with Crippen LogP contribution in [0.1, 0.15) is 32.3 Å². The van der Waals surface area contributed by atoms with Gasteiger partial charge in [0.15, 0.2) is 5.82 Å². The Labute approximate surface area is 166 Å². The molecule has 27 heavy (non-hydrogen) atoms. The largest absolute Gasteiger partial charge is 0.356 e. The Hall–Kier alpha value is -2.08. The van der Waals surface area contributed by atoms with E-state index in [-0.39, 0.29) is 11.8 Å². The zero-order chi connectivity index (χ0) is 19.2. The first-order chi connectivity index (χ1) is 13.0. The number of aromatic nitrogens is 2. The SMILES string of the molecule is Cc1ccc(Sc2nccnc2N2CCC[C@H](C(=O)NCC(C)C)C2)cc1. The summed E-state index contributed by atoms with van der Waals surface area (Å²) in [5.41, 5.74) is 1.24. The van der Waals surface area contributed by atoms with Crippen molar-refractivity contribution in [1.29, 1.82) is 0 Å². The lowest BCUT2D eigenvalue weighted by atomic mass is 9.97. The number of aryl methyl sites for hydroxylation is 1. The average Bonchev–Trinajstić information content (AvgIpc) is 2.68. The number of benzene rings is 1. The van der Waals surface area contributed by atoms with Crippen LogP contribution in [0.15, 0.2) is 46.6 Å². The molecule has 0 bridgehead atoms. The number of anilines is 1. The number of nitrogens with zero attached hydrogens (tertiary/aromatic N) is 3. The van der Waals surface area contributed by atoms with Crippen molar-refractivity contribution in [3.8, 4) is 0 Å². The molecule has 0 aliphatic carbocycles.